The average molecular weight is 411 g/mol. The quantitative estimate of drug-likeness (QED) is 0.658. The van der Waals surface area contributed by atoms with E-state index in [2.05, 4.69) is 15.9 Å². The minimum atomic E-state index is 0.0718. The van der Waals surface area contributed by atoms with Gasteiger partial charge in [0.1, 0.15) is 5.65 Å². The maximum absolute atomic E-state index is 13.1. The van der Waals surface area contributed by atoms with Crippen LogP contribution in [0.3, 0.4) is 0 Å². The summed E-state index contributed by atoms with van der Waals surface area (Å²) in [5, 5.41) is 0.773. The van der Waals surface area contributed by atoms with Crippen LogP contribution in [0.15, 0.2) is 41.2 Å². The van der Waals surface area contributed by atoms with Crippen molar-refractivity contribution >= 4 is 22.9 Å². The van der Waals surface area contributed by atoms with Crippen LogP contribution in [0.1, 0.15) is 22.5 Å². The first-order valence-corrected chi connectivity index (χ1v) is 10.5. The Hall–Kier alpha value is -2.37. The summed E-state index contributed by atoms with van der Waals surface area (Å²) in [6, 6.07) is 12.0. The largest absolute Gasteiger partial charge is 0.369 e. The Morgan fingerprint density at radius 3 is 2.52 bits per heavy atom. The van der Waals surface area contributed by atoms with E-state index in [9.17, 15) is 4.79 Å². The molecule has 2 aromatic heterocycles. The van der Waals surface area contributed by atoms with Gasteiger partial charge in [0.25, 0.3) is 5.56 Å². The van der Waals surface area contributed by atoms with Crippen molar-refractivity contribution in [2.75, 3.05) is 37.6 Å². The molecule has 0 saturated carbocycles. The van der Waals surface area contributed by atoms with Crippen LogP contribution in [0.25, 0.3) is 5.65 Å². The van der Waals surface area contributed by atoms with Gasteiger partial charge in [-0.15, -0.1) is 0 Å². The molecule has 0 atom stereocenters. The maximum atomic E-state index is 13.1. The lowest BCUT2D eigenvalue weighted by Gasteiger charge is -2.36. The first-order chi connectivity index (χ1) is 13.9. The van der Waals surface area contributed by atoms with E-state index in [4.69, 9.17) is 16.6 Å². The fourth-order valence-electron chi connectivity index (χ4n) is 4.22. The molecule has 1 saturated heterocycles. The maximum Gasteiger partial charge on any atom is 0.261 e. The first-order valence-electron chi connectivity index (χ1n) is 10.1. The highest BCUT2D eigenvalue weighted by Gasteiger charge is 2.19. The van der Waals surface area contributed by atoms with Crippen molar-refractivity contribution in [2.45, 2.75) is 27.2 Å². The summed E-state index contributed by atoms with van der Waals surface area (Å²) >= 11 is 6.13. The van der Waals surface area contributed by atoms with Crippen molar-refractivity contribution in [3.8, 4) is 0 Å². The molecule has 3 heterocycles. The predicted molar refractivity (Wildman–Crippen MR) is 119 cm³/mol. The van der Waals surface area contributed by atoms with E-state index in [-0.39, 0.29) is 5.56 Å². The number of anilines is 1. The predicted octanol–water partition coefficient (Wildman–Crippen LogP) is 3.64. The number of benzene rings is 1. The summed E-state index contributed by atoms with van der Waals surface area (Å²) in [4.78, 5) is 22.6. The second kappa shape index (κ2) is 8.17. The number of hydrogen-bond acceptors (Lipinski definition) is 4. The van der Waals surface area contributed by atoms with Gasteiger partial charge in [0, 0.05) is 60.4 Å². The Labute approximate surface area is 176 Å². The summed E-state index contributed by atoms with van der Waals surface area (Å²) in [6.45, 7) is 10.7. The van der Waals surface area contributed by atoms with Gasteiger partial charge in [-0.2, -0.15) is 0 Å². The van der Waals surface area contributed by atoms with Gasteiger partial charge in [-0.05, 0) is 63.1 Å². The van der Waals surface area contributed by atoms with Crippen molar-refractivity contribution in [1.29, 1.82) is 0 Å². The fraction of sp³-hybridized carbons (Fsp3) is 0.391. The topological polar surface area (TPSA) is 40.9 Å². The Morgan fingerprint density at radius 1 is 1.03 bits per heavy atom. The van der Waals surface area contributed by atoms with E-state index < -0.39 is 0 Å². The molecule has 1 fully saturated rings. The molecule has 152 valence electrons. The molecule has 0 unspecified atom stereocenters. The number of pyridine rings is 1. The zero-order valence-corrected chi connectivity index (χ0v) is 18.0. The van der Waals surface area contributed by atoms with Crippen LogP contribution >= 0.6 is 11.6 Å². The summed E-state index contributed by atoms with van der Waals surface area (Å²) < 4.78 is 1.74. The summed E-state index contributed by atoms with van der Waals surface area (Å²) in [6.07, 6.45) is 0.727. The molecule has 1 aliphatic rings. The Kier molecular flexibility index (Phi) is 5.61. The molecular weight excluding hydrogens is 384 g/mol. The van der Waals surface area contributed by atoms with E-state index in [1.54, 1.807) is 4.40 Å². The molecule has 0 N–H and O–H groups in total. The van der Waals surface area contributed by atoms with Crippen LogP contribution in [-0.4, -0.2) is 47.0 Å². The van der Waals surface area contributed by atoms with Gasteiger partial charge in [0.2, 0.25) is 0 Å². The van der Waals surface area contributed by atoms with Gasteiger partial charge >= 0.3 is 0 Å². The summed E-state index contributed by atoms with van der Waals surface area (Å²) in [7, 11) is 0. The van der Waals surface area contributed by atoms with E-state index in [0.717, 1.165) is 72.3 Å². The summed E-state index contributed by atoms with van der Waals surface area (Å²) in [5.41, 5.74) is 5.72. The number of aryl methyl sites for hydroxylation is 3. The Bertz CT molecular complexity index is 1100. The molecule has 0 amide bonds. The average Bonchev–Trinajstić information content (AvgIpc) is 2.67. The third-order valence-corrected chi connectivity index (χ3v) is 6.01. The molecule has 1 aliphatic heterocycles. The monoisotopic (exact) mass is 410 g/mol. The highest BCUT2D eigenvalue weighted by molar-refractivity contribution is 6.30. The van der Waals surface area contributed by atoms with Crippen LogP contribution < -0.4 is 10.5 Å². The van der Waals surface area contributed by atoms with E-state index >= 15 is 0 Å². The van der Waals surface area contributed by atoms with Crippen LogP contribution in [0.2, 0.25) is 5.02 Å². The SMILES string of the molecule is Cc1cc(C)n2c(=O)c(CCN3CCN(c4cccc(Cl)c4)CC3)c(C)nc2c1. The van der Waals surface area contributed by atoms with Gasteiger partial charge < -0.3 is 4.90 Å². The minimum Gasteiger partial charge on any atom is -0.369 e. The molecule has 0 bridgehead atoms. The molecule has 0 spiro atoms. The highest BCUT2D eigenvalue weighted by atomic mass is 35.5. The number of aromatic nitrogens is 2. The molecule has 4 rings (SSSR count). The Morgan fingerprint density at radius 2 is 1.79 bits per heavy atom. The lowest BCUT2D eigenvalue weighted by atomic mass is 10.1. The molecule has 1 aromatic carbocycles. The van der Waals surface area contributed by atoms with Crippen LogP contribution in [0, 0.1) is 20.8 Å². The lowest BCUT2D eigenvalue weighted by molar-refractivity contribution is 0.260. The van der Waals surface area contributed by atoms with E-state index in [0.29, 0.717) is 0 Å². The van der Waals surface area contributed by atoms with Crippen LogP contribution in [0.4, 0.5) is 5.69 Å². The number of fused-ring (bicyclic) bond motifs is 1. The van der Waals surface area contributed by atoms with E-state index in [1.807, 2.05) is 51.1 Å². The Balaban J connectivity index is 1.45. The van der Waals surface area contributed by atoms with Gasteiger partial charge in [0.05, 0.1) is 0 Å². The first kappa shape index (κ1) is 19.9. The fourth-order valence-corrected chi connectivity index (χ4v) is 4.40. The van der Waals surface area contributed by atoms with Crippen molar-refractivity contribution in [2.24, 2.45) is 0 Å². The zero-order valence-electron chi connectivity index (χ0n) is 17.3. The third kappa shape index (κ3) is 4.16. The lowest BCUT2D eigenvalue weighted by Crippen LogP contribution is -2.47. The van der Waals surface area contributed by atoms with Crippen molar-refractivity contribution in [3.63, 3.8) is 0 Å². The second-order valence-electron chi connectivity index (χ2n) is 7.91. The zero-order chi connectivity index (χ0) is 20.5. The van der Waals surface area contributed by atoms with Crippen molar-refractivity contribution in [3.05, 3.63) is 74.3 Å². The number of piperazine rings is 1. The molecule has 29 heavy (non-hydrogen) atoms. The number of halogens is 1. The molecule has 0 radical (unpaired) electrons. The minimum absolute atomic E-state index is 0.0718. The standard InChI is InChI=1S/C23H27ClN4O/c1-16-13-17(2)28-22(14-16)25-18(3)21(23(28)29)7-8-26-9-11-27(12-10-26)20-6-4-5-19(24)15-20/h4-6,13-15H,7-12H2,1-3H3. The highest BCUT2D eigenvalue weighted by Crippen LogP contribution is 2.21. The molecule has 3 aromatic rings. The summed E-state index contributed by atoms with van der Waals surface area (Å²) in [5.74, 6) is 0. The molecular formula is C23H27ClN4O. The van der Waals surface area contributed by atoms with Crippen LogP contribution in [-0.2, 0) is 6.42 Å². The number of hydrogen-bond donors (Lipinski definition) is 0. The van der Waals surface area contributed by atoms with Crippen molar-refractivity contribution < 1.29 is 0 Å². The van der Waals surface area contributed by atoms with E-state index in [1.165, 1.54) is 5.69 Å². The number of nitrogens with zero attached hydrogens (tertiary/aromatic N) is 4. The van der Waals surface area contributed by atoms with Gasteiger partial charge in [0.15, 0.2) is 0 Å². The molecule has 0 aliphatic carbocycles. The smallest absolute Gasteiger partial charge is 0.261 e. The van der Waals surface area contributed by atoms with Gasteiger partial charge in [-0.3, -0.25) is 14.1 Å². The number of rotatable bonds is 4. The third-order valence-electron chi connectivity index (χ3n) is 5.78. The second-order valence-corrected chi connectivity index (χ2v) is 8.34. The van der Waals surface area contributed by atoms with Crippen molar-refractivity contribution in [1.82, 2.24) is 14.3 Å². The molecule has 5 nitrogen and oxygen atoms in total. The van der Waals surface area contributed by atoms with Gasteiger partial charge in [-0.25, -0.2) is 4.98 Å². The molecule has 6 heteroatoms. The normalized spacial score (nSPS) is 15.2. The van der Waals surface area contributed by atoms with Gasteiger partial charge in [-0.1, -0.05) is 17.7 Å². The van der Waals surface area contributed by atoms with Crippen LogP contribution in [0.5, 0.6) is 0 Å².